The Morgan fingerprint density at radius 1 is 1.24 bits per heavy atom. The number of hydrogen-bond acceptors (Lipinski definition) is 4. The van der Waals surface area contributed by atoms with Gasteiger partial charge in [-0.3, -0.25) is 4.90 Å². The molecule has 6 nitrogen and oxygen atoms in total. The molecule has 1 aromatic rings. The van der Waals surface area contributed by atoms with Crippen molar-refractivity contribution in [3.63, 3.8) is 0 Å². The van der Waals surface area contributed by atoms with E-state index in [9.17, 15) is 20.0 Å². The van der Waals surface area contributed by atoms with Gasteiger partial charge in [0.1, 0.15) is 17.7 Å². The van der Waals surface area contributed by atoms with Crippen molar-refractivity contribution in [3.05, 3.63) is 28.2 Å². The van der Waals surface area contributed by atoms with E-state index >= 15 is 0 Å². The van der Waals surface area contributed by atoms with Gasteiger partial charge in [0, 0.05) is 4.47 Å². The van der Waals surface area contributed by atoms with Gasteiger partial charge in [0.25, 0.3) is 0 Å². The molecule has 0 aromatic heterocycles. The average molecular weight is 411 g/mol. The second-order valence-corrected chi connectivity index (χ2v) is 8.65. The molecule has 0 bridgehead atoms. The van der Waals surface area contributed by atoms with Gasteiger partial charge in [-0.25, -0.2) is 9.59 Å². The third-order valence-electron chi connectivity index (χ3n) is 3.24. The molecular weight excluding hydrogens is 388 g/mol. The highest BCUT2D eigenvalue weighted by molar-refractivity contribution is 9.10. The SMILES string of the molecule is CC(C)(C)OC(=O)N(c1cc(Br)ccc1C#N)C(C(=O)O)C(C)(C)C. The summed E-state index contributed by atoms with van der Waals surface area (Å²) in [5.41, 5.74) is -1.23. The fraction of sp³-hybridized carbons (Fsp3) is 0.500. The first kappa shape index (κ1) is 21.0. The van der Waals surface area contributed by atoms with E-state index in [1.807, 2.05) is 6.07 Å². The molecular formula is C18H23BrN2O4. The third-order valence-corrected chi connectivity index (χ3v) is 3.74. The standard InChI is InChI=1S/C18H23BrN2O4/c1-17(2,3)14(15(22)23)21(16(24)25-18(4,5)6)13-9-12(19)8-7-11(13)10-20/h7-9,14H,1-6H3,(H,22,23). The number of halogens is 1. The van der Waals surface area contributed by atoms with Crippen LogP contribution in [-0.2, 0) is 9.53 Å². The van der Waals surface area contributed by atoms with Crippen LogP contribution in [0.25, 0.3) is 0 Å². The van der Waals surface area contributed by atoms with Crippen LogP contribution in [0, 0.1) is 16.7 Å². The molecule has 1 rings (SSSR count). The van der Waals surface area contributed by atoms with E-state index in [1.165, 1.54) is 6.07 Å². The Kier molecular flexibility index (Phi) is 6.24. The van der Waals surface area contributed by atoms with Crippen LogP contribution in [0.15, 0.2) is 22.7 Å². The summed E-state index contributed by atoms with van der Waals surface area (Å²) in [6, 6.07) is 5.51. The Morgan fingerprint density at radius 2 is 1.80 bits per heavy atom. The highest BCUT2D eigenvalue weighted by Crippen LogP contribution is 2.34. The molecule has 0 spiro atoms. The molecule has 136 valence electrons. The summed E-state index contributed by atoms with van der Waals surface area (Å²) in [6.07, 6.45) is -0.815. The van der Waals surface area contributed by atoms with E-state index in [2.05, 4.69) is 15.9 Å². The lowest BCUT2D eigenvalue weighted by Crippen LogP contribution is -2.54. The number of carboxylic acids is 1. The second-order valence-electron chi connectivity index (χ2n) is 7.73. The first-order chi connectivity index (χ1) is 11.3. The van der Waals surface area contributed by atoms with Crippen molar-refractivity contribution >= 4 is 33.7 Å². The quantitative estimate of drug-likeness (QED) is 0.787. The molecule has 1 atom stereocenters. The highest BCUT2D eigenvalue weighted by atomic mass is 79.9. The first-order valence-corrected chi connectivity index (χ1v) is 8.52. The molecule has 1 amide bonds. The number of nitriles is 1. The molecule has 1 aromatic carbocycles. The van der Waals surface area contributed by atoms with Gasteiger partial charge in [0.05, 0.1) is 11.3 Å². The number of rotatable bonds is 3. The molecule has 0 aliphatic carbocycles. The summed E-state index contributed by atoms with van der Waals surface area (Å²) < 4.78 is 6.04. The number of nitrogens with zero attached hydrogens (tertiary/aromatic N) is 2. The predicted octanol–water partition coefficient (Wildman–Crippen LogP) is 4.56. The molecule has 0 aliphatic heterocycles. The summed E-state index contributed by atoms with van der Waals surface area (Å²) in [5.74, 6) is -1.18. The maximum absolute atomic E-state index is 12.8. The highest BCUT2D eigenvalue weighted by Gasteiger charge is 2.42. The van der Waals surface area contributed by atoms with E-state index in [4.69, 9.17) is 4.74 Å². The van der Waals surface area contributed by atoms with Gasteiger partial charge in [-0.2, -0.15) is 5.26 Å². The number of benzene rings is 1. The minimum absolute atomic E-state index is 0.185. The largest absolute Gasteiger partial charge is 0.480 e. The molecule has 0 radical (unpaired) electrons. The average Bonchev–Trinajstić information content (AvgIpc) is 2.40. The lowest BCUT2D eigenvalue weighted by atomic mass is 9.85. The molecule has 0 saturated heterocycles. The van der Waals surface area contributed by atoms with E-state index in [-0.39, 0.29) is 11.3 Å². The molecule has 1 N–H and O–H groups in total. The third kappa shape index (κ3) is 5.46. The van der Waals surface area contributed by atoms with Gasteiger partial charge >= 0.3 is 12.1 Å². The molecule has 0 fully saturated rings. The molecule has 0 saturated carbocycles. The van der Waals surface area contributed by atoms with Crippen molar-refractivity contribution in [3.8, 4) is 6.07 Å². The minimum atomic E-state index is -1.22. The molecule has 0 aliphatic rings. The fourth-order valence-corrected chi connectivity index (χ4v) is 2.67. The Balaban J connectivity index is 3.64. The maximum atomic E-state index is 12.8. The Bertz CT molecular complexity index is 711. The van der Waals surface area contributed by atoms with Gasteiger partial charge in [-0.05, 0) is 44.4 Å². The number of carboxylic acid groups (broad SMARTS) is 1. The fourth-order valence-electron chi connectivity index (χ4n) is 2.32. The first-order valence-electron chi connectivity index (χ1n) is 7.72. The maximum Gasteiger partial charge on any atom is 0.415 e. The van der Waals surface area contributed by atoms with E-state index < -0.39 is 29.1 Å². The zero-order valence-corrected chi connectivity index (χ0v) is 16.8. The molecule has 1 unspecified atom stereocenters. The van der Waals surface area contributed by atoms with Crippen LogP contribution in [0.1, 0.15) is 47.1 Å². The number of anilines is 1. The van der Waals surface area contributed by atoms with Crippen molar-refractivity contribution in [2.24, 2.45) is 5.41 Å². The van der Waals surface area contributed by atoms with Gasteiger partial charge < -0.3 is 9.84 Å². The number of hydrogen-bond donors (Lipinski definition) is 1. The summed E-state index contributed by atoms with van der Waals surface area (Å²) in [7, 11) is 0. The van der Waals surface area contributed by atoms with Gasteiger partial charge in [-0.1, -0.05) is 36.7 Å². The number of carbonyl (C=O) groups excluding carboxylic acids is 1. The smallest absolute Gasteiger partial charge is 0.415 e. The zero-order chi connectivity index (χ0) is 19.6. The van der Waals surface area contributed by atoms with Gasteiger partial charge in [0.15, 0.2) is 0 Å². The number of amides is 1. The van der Waals surface area contributed by atoms with Crippen molar-refractivity contribution in [2.45, 2.75) is 53.2 Å². The minimum Gasteiger partial charge on any atom is -0.480 e. The summed E-state index contributed by atoms with van der Waals surface area (Å²) in [4.78, 5) is 25.9. The summed E-state index contributed by atoms with van der Waals surface area (Å²) in [6.45, 7) is 10.2. The van der Waals surface area contributed by atoms with E-state index in [0.29, 0.717) is 4.47 Å². The zero-order valence-electron chi connectivity index (χ0n) is 15.3. The van der Waals surface area contributed by atoms with Crippen molar-refractivity contribution in [1.82, 2.24) is 0 Å². The predicted molar refractivity (Wildman–Crippen MR) is 98.4 cm³/mol. The summed E-state index contributed by atoms with van der Waals surface area (Å²) in [5, 5.41) is 19.2. The van der Waals surface area contributed by atoms with Crippen LogP contribution in [0.5, 0.6) is 0 Å². The van der Waals surface area contributed by atoms with Gasteiger partial charge in [0.2, 0.25) is 0 Å². The monoisotopic (exact) mass is 410 g/mol. The van der Waals surface area contributed by atoms with Crippen molar-refractivity contribution < 1.29 is 19.4 Å². The number of aliphatic carboxylic acids is 1. The van der Waals surface area contributed by atoms with Crippen molar-refractivity contribution in [1.29, 1.82) is 5.26 Å². The van der Waals surface area contributed by atoms with E-state index in [1.54, 1.807) is 53.7 Å². The van der Waals surface area contributed by atoms with Crippen LogP contribution in [0.4, 0.5) is 10.5 Å². The topological polar surface area (TPSA) is 90.6 Å². The molecule has 7 heteroatoms. The molecule has 25 heavy (non-hydrogen) atoms. The van der Waals surface area contributed by atoms with E-state index in [0.717, 1.165) is 4.90 Å². The van der Waals surface area contributed by atoms with Crippen LogP contribution in [0.3, 0.4) is 0 Å². The Hall–Kier alpha value is -2.07. The number of ether oxygens (including phenoxy) is 1. The van der Waals surface area contributed by atoms with Crippen LogP contribution < -0.4 is 4.90 Å². The normalized spacial score (nSPS) is 12.9. The van der Waals surface area contributed by atoms with Gasteiger partial charge in [-0.15, -0.1) is 0 Å². The summed E-state index contributed by atoms with van der Waals surface area (Å²) >= 11 is 3.31. The van der Waals surface area contributed by atoms with Crippen LogP contribution >= 0.6 is 15.9 Å². The van der Waals surface area contributed by atoms with Crippen LogP contribution in [0.2, 0.25) is 0 Å². The Labute approximate surface area is 156 Å². The number of carbonyl (C=O) groups is 2. The molecule has 0 heterocycles. The van der Waals surface area contributed by atoms with Crippen molar-refractivity contribution in [2.75, 3.05) is 4.90 Å². The Morgan fingerprint density at radius 3 is 2.20 bits per heavy atom. The lowest BCUT2D eigenvalue weighted by molar-refractivity contribution is -0.141. The second kappa shape index (κ2) is 7.44. The van der Waals surface area contributed by atoms with Crippen LogP contribution in [-0.4, -0.2) is 28.8 Å². The lowest BCUT2D eigenvalue weighted by Gasteiger charge is -2.38.